The molecule has 0 radical (unpaired) electrons. The third kappa shape index (κ3) is 1.81. The fourth-order valence-corrected chi connectivity index (χ4v) is 1.48. The smallest absolute Gasteiger partial charge is 0.211 e. The maximum Gasteiger partial charge on any atom is 0.240 e. The molecular formula is C12H13NO. The highest BCUT2D eigenvalue weighted by molar-refractivity contribution is 5.76. The van der Waals surface area contributed by atoms with E-state index in [1.165, 1.54) is 5.56 Å². The topological polar surface area (TPSA) is 29.4 Å². The van der Waals surface area contributed by atoms with Gasteiger partial charge in [-0.15, -0.1) is 0 Å². The van der Waals surface area contributed by atoms with E-state index < -0.39 is 0 Å². The highest BCUT2D eigenvalue weighted by atomic mass is 16.1. The fraction of sp³-hybridized carbons (Fsp3) is 0.250. The summed E-state index contributed by atoms with van der Waals surface area (Å²) in [6, 6.07) is 3.76. The summed E-state index contributed by atoms with van der Waals surface area (Å²) in [7, 11) is 0. The Kier molecular flexibility index (Phi) is 3.00. The Morgan fingerprint density at radius 1 is 1.43 bits per heavy atom. The number of allylic oxidation sites excluding steroid dienone is 1. The van der Waals surface area contributed by atoms with Crippen LogP contribution in [0.25, 0.3) is 5.57 Å². The van der Waals surface area contributed by atoms with Gasteiger partial charge in [-0.1, -0.05) is 12.6 Å². The Morgan fingerprint density at radius 2 is 2.07 bits per heavy atom. The van der Waals surface area contributed by atoms with Crippen LogP contribution in [-0.4, -0.2) is 6.08 Å². The molecule has 0 aliphatic carbocycles. The highest BCUT2D eigenvalue weighted by Crippen LogP contribution is 2.30. The number of aliphatic imine (C=N–C) groups is 1. The Balaban J connectivity index is 3.52. The first-order valence-corrected chi connectivity index (χ1v) is 4.42. The minimum Gasteiger partial charge on any atom is -0.211 e. The first-order chi connectivity index (χ1) is 6.57. The molecule has 0 spiro atoms. The normalized spacial score (nSPS) is 9.36. The molecule has 0 amide bonds. The molecule has 72 valence electrons. The number of rotatable bonds is 2. The van der Waals surface area contributed by atoms with Crippen molar-refractivity contribution in [3.63, 3.8) is 0 Å². The van der Waals surface area contributed by atoms with E-state index in [2.05, 4.69) is 11.6 Å². The number of carbonyl (C=O) groups excluding carboxylic acids is 1. The third-order valence-electron chi connectivity index (χ3n) is 2.31. The molecule has 0 heterocycles. The number of benzene rings is 1. The lowest BCUT2D eigenvalue weighted by molar-refractivity contribution is 0.565. The van der Waals surface area contributed by atoms with Crippen LogP contribution in [0.3, 0.4) is 0 Å². The van der Waals surface area contributed by atoms with E-state index in [0.717, 1.165) is 16.7 Å². The van der Waals surface area contributed by atoms with Crippen LogP contribution in [0.1, 0.15) is 23.6 Å². The minimum atomic E-state index is 0.649. The van der Waals surface area contributed by atoms with Crippen molar-refractivity contribution in [2.45, 2.75) is 20.8 Å². The number of aryl methyl sites for hydroxylation is 1. The van der Waals surface area contributed by atoms with E-state index in [1.54, 1.807) is 6.08 Å². The van der Waals surface area contributed by atoms with Crippen molar-refractivity contribution >= 4 is 17.3 Å². The second kappa shape index (κ2) is 4.03. The van der Waals surface area contributed by atoms with Crippen LogP contribution in [0.4, 0.5) is 5.69 Å². The SMILES string of the molecule is C=C(C)c1c(N=C=O)ccc(C)c1C. The van der Waals surface area contributed by atoms with Gasteiger partial charge in [0.2, 0.25) is 6.08 Å². The molecule has 0 unspecified atom stereocenters. The summed E-state index contributed by atoms with van der Waals surface area (Å²) < 4.78 is 0. The average molecular weight is 187 g/mol. The second-order valence-corrected chi connectivity index (χ2v) is 3.39. The average Bonchev–Trinajstić information content (AvgIpc) is 2.11. The number of hydrogen-bond acceptors (Lipinski definition) is 2. The zero-order valence-electron chi connectivity index (χ0n) is 8.72. The summed E-state index contributed by atoms with van der Waals surface area (Å²) in [4.78, 5) is 13.9. The predicted octanol–water partition coefficient (Wildman–Crippen LogP) is 3.30. The number of hydrogen-bond donors (Lipinski definition) is 0. The molecule has 0 aliphatic rings. The van der Waals surface area contributed by atoms with Crippen LogP contribution in [0.15, 0.2) is 23.7 Å². The van der Waals surface area contributed by atoms with E-state index >= 15 is 0 Å². The molecule has 1 aromatic carbocycles. The van der Waals surface area contributed by atoms with Crippen LogP contribution in [0, 0.1) is 13.8 Å². The molecule has 14 heavy (non-hydrogen) atoms. The summed E-state index contributed by atoms with van der Waals surface area (Å²) in [6.45, 7) is 9.82. The van der Waals surface area contributed by atoms with E-state index in [0.29, 0.717) is 5.69 Å². The van der Waals surface area contributed by atoms with Crippen LogP contribution in [0.2, 0.25) is 0 Å². The zero-order chi connectivity index (χ0) is 10.7. The van der Waals surface area contributed by atoms with Gasteiger partial charge < -0.3 is 0 Å². The molecule has 0 bridgehead atoms. The van der Waals surface area contributed by atoms with Gasteiger partial charge in [0.15, 0.2) is 0 Å². The summed E-state index contributed by atoms with van der Waals surface area (Å²) in [5.41, 5.74) is 4.81. The van der Waals surface area contributed by atoms with Gasteiger partial charge in [-0.25, -0.2) is 4.79 Å². The molecule has 0 saturated carbocycles. The van der Waals surface area contributed by atoms with Crippen molar-refractivity contribution in [2.24, 2.45) is 4.99 Å². The van der Waals surface area contributed by atoms with Gasteiger partial charge >= 0.3 is 0 Å². The standard InChI is InChI=1S/C12H13NO/c1-8(2)12-10(4)9(3)5-6-11(12)13-7-14/h5-6H,1H2,2-4H3. The molecule has 0 aromatic heterocycles. The quantitative estimate of drug-likeness (QED) is 0.516. The molecule has 0 fully saturated rings. The van der Waals surface area contributed by atoms with Crippen LogP contribution >= 0.6 is 0 Å². The molecule has 1 aromatic rings. The summed E-state index contributed by atoms with van der Waals surface area (Å²) in [5.74, 6) is 0. The molecule has 0 N–H and O–H groups in total. The molecular weight excluding hydrogens is 174 g/mol. The lowest BCUT2D eigenvalue weighted by Crippen LogP contribution is -1.89. The van der Waals surface area contributed by atoms with Crippen molar-refractivity contribution in [1.29, 1.82) is 0 Å². The Morgan fingerprint density at radius 3 is 2.57 bits per heavy atom. The molecule has 1 rings (SSSR count). The maximum absolute atomic E-state index is 10.2. The van der Waals surface area contributed by atoms with E-state index in [9.17, 15) is 4.79 Å². The van der Waals surface area contributed by atoms with E-state index in [-0.39, 0.29) is 0 Å². The van der Waals surface area contributed by atoms with Gasteiger partial charge in [0.1, 0.15) is 0 Å². The second-order valence-electron chi connectivity index (χ2n) is 3.39. The van der Waals surface area contributed by atoms with Crippen molar-refractivity contribution in [3.05, 3.63) is 35.4 Å². The Hall–Kier alpha value is -1.66. The largest absolute Gasteiger partial charge is 0.240 e. The van der Waals surface area contributed by atoms with Gasteiger partial charge in [-0.05, 0) is 43.5 Å². The fourth-order valence-electron chi connectivity index (χ4n) is 1.48. The molecule has 0 atom stereocenters. The van der Waals surface area contributed by atoms with Crippen molar-refractivity contribution in [3.8, 4) is 0 Å². The summed E-state index contributed by atoms with van der Waals surface area (Å²) >= 11 is 0. The zero-order valence-corrected chi connectivity index (χ0v) is 8.72. The van der Waals surface area contributed by atoms with E-state index in [4.69, 9.17) is 0 Å². The lowest BCUT2D eigenvalue weighted by atomic mass is 9.97. The van der Waals surface area contributed by atoms with Gasteiger partial charge in [-0.3, -0.25) is 0 Å². The molecule has 0 saturated heterocycles. The monoisotopic (exact) mass is 187 g/mol. The Labute approximate surface area is 84.0 Å². The summed E-state index contributed by atoms with van der Waals surface area (Å²) in [6.07, 6.45) is 1.56. The molecule has 0 aliphatic heterocycles. The van der Waals surface area contributed by atoms with Crippen LogP contribution in [0.5, 0.6) is 0 Å². The van der Waals surface area contributed by atoms with Gasteiger partial charge in [0.05, 0.1) is 5.69 Å². The third-order valence-corrected chi connectivity index (χ3v) is 2.31. The predicted molar refractivity (Wildman–Crippen MR) is 58.4 cm³/mol. The first kappa shape index (κ1) is 10.4. The minimum absolute atomic E-state index is 0.649. The highest BCUT2D eigenvalue weighted by Gasteiger charge is 2.07. The van der Waals surface area contributed by atoms with Crippen LogP contribution in [-0.2, 0) is 4.79 Å². The first-order valence-electron chi connectivity index (χ1n) is 4.42. The van der Waals surface area contributed by atoms with Crippen LogP contribution < -0.4 is 0 Å². The number of nitrogens with zero attached hydrogens (tertiary/aromatic N) is 1. The summed E-state index contributed by atoms with van der Waals surface area (Å²) in [5, 5.41) is 0. The lowest BCUT2D eigenvalue weighted by Gasteiger charge is -2.10. The van der Waals surface area contributed by atoms with Gasteiger partial charge in [-0.2, -0.15) is 4.99 Å². The molecule has 2 nitrogen and oxygen atoms in total. The Bertz CT molecular complexity index is 426. The van der Waals surface area contributed by atoms with Crippen molar-refractivity contribution in [2.75, 3.05) is 0 Å². The molecule has 2 heteroatoms. The van der Waals surface area contributed by atoms with Crippen molar-refractivity contribution < 1.29 is 4.79 Å². The van der Waals surface area contributed by atoms with Crippen molar-refractivity contribution in [1.82, 2.24) is 0 Å². The van der Waals surface area contributed by atoms with Gasteiger partial charge in [0, 0.05) is 5.56 Å². The van der Waals surface area contributed by atoms with E-state index in [1.807, 2.05) is 32.9 Å². The number of isocyanates is 1. The van der Waals surface area contributed by atoms with Gasteiger partial charge in [0.25, 0.3) is 0 Å². The maximum atomic E-state index is 10.2.